The van der Waals surface area contributed by atoms with E-state index in [1.807, 2.05) is 25.1 Å². The molecule has 0 bridgehead atoms. The predicted octanol–water partition coefficient (Wildman–Crippen LogP) is 5.41. The van der Waals surface area contributed by atoms with Crippen molar-refractivity contribution in [1.82, 2.24) is 10.2 Å². The van der Waals surface area contributed by atoms with E-state index in [0.29, 0.717) is 34.8 Å². The van der Waals surface area contributed by atoms with Crippen molar-refractivity contribution in [2.24, 2.45) is 0 Å². The third-order valence-corrected chi connectivity index (χ3v) is 5.85. The van der Waals surface area contributed by atoms with Gasteiger partial charge in [-0.05, 0) is 66.0 Å². The molecule has 1 heterocycles. The number of esters is 1. The second-order valence-electron chi connectivity index (χ2n) is 7.43. The summed E-state index contributed by atoms with van der Waals surface area (Å²) in [6, 6.07) is 13.0. The molecule has 0 aliphatic carbocycles. The lowest BCUT2D eigenvalue weighted by Gasteiger charge is -2.35. The summed E-state index contributed by atoms with van der Waals surface area (Å²) in [4.78, 5) is 39.3. The van der Waals surface area contributed by atoms with Crippen LogP contribution in [0.2, 0.25) is 0 Å². The van der Waals surface area contributed by atoms with Gasteiger partial charge >= 0.3 is 18.0 Å². The lowest BCUT2D eigenvalue weighted by molar-refractivity contribution is -0.139. The highest BCUT2D eigenvalue weighted by molar-refractivity contribution is 9.10. The number of carbonyl (C=O) groups excluding carboxylic acids is 3. The standard InChI is InChI=1S/C24H27BrN4O4/c1-4-14-29-15(3)20(22(30)33-5-2)21(28-24(29)32)16-10-12-17(13-11-16)26-23(31)27-19-9-7-6-8-18(19)25/h6-13,21H,4-5,14H2,1-3H3,(H,28,32)(H2,26,27,31)/t21-/m0/s1. The Labute approximate surface area is 201 Å². The van der Waals surface area contributed by atoms with Gasteiger partial charge in [-0.2, -0.15) is 0 Å². The Bertz CT molecular complexity index is 1070. The van der Waals surface area contributed by atoms with Gasteiger partial charge in [-0.3, -0.25) is 4.90 Å². The monoisotopic (exact) mass is 514 g/mol. The van der Waals surface area contributed by atoms with Crippen molar-refractivity contribution in [3.8, 4) is 0 Å². The number of hydrogen-bond donors (Lipinski definition) is 3. The lowest BCUT2D eigenvalue weighted by Crippen LogP contribution is -2.48. The fraction of sp³-hybridized carbons (Fsp3) is 0.292. The van der Waals surface area contributed by atoms with Crippen LogP contribution in [-0.4, -0.2) is 36.1 Å². The van der Waals surface area contributed by atoms with E-state index in [9.17, 15) is 14.4 Å². The molecule has 0 unspecified atom stereocenters. The molecule has 2 aromatic carbocycles. The number of hydrogen-bond acceptors (Lipinski definition) is 4. The van der Waals surface area contributed by atoms with Crippen LogP contribution in [0.5, 0.6) is 0 Å². The summed E-state index contributed by atoms with van der Waals surface area (Å²) < 4.78 is 6.04. The van der Waals surface area contributed by atoms with E-state index in [1.54, 1.807) is 49.1 Å². The molecule has 0 fully saturated rings. The van der Waals surface area contributed by atoms with Crippen molar-refractivity contribution in [3.05, 3.63) is 69.8 Å². The third-order valence-electron chi connectivity index (χ3n) is 5.16. The first kappa shape index (κ1) is 24.3. The first-order valence-corrected chi connectivity index (χ1v) is 11.5. The number of halogens is 1. The maximum Gasteiger partial charge on any atom is 0.338 e. The topological polar surface area (TPSA) is 99.8 Å². The molecule has 1 aliphatic heterocycles. The summed E-state index contributed by atoms with van der Waals surface area (Å²) in [5, 5.41) is 8.46. The molecule has 0 aromatic heterocycles. The Hall–Kier alpha value is -3.33. The highest BCUT2D eigenvalue weighted by atomic mass is 79.9. The summed E-state index contributed by atoms with van der Waals surface area (Å²) in [5.74, 6) is -0.462. The van der Waals surface area contributed by atoms with Gasteiger partial charge in [0.05, 0.1) is 23.9 Å². The third kappa shape index (κ3) is 5.73. The molecule has 33 heavy (non-hydrogen) atoms. The number of benzene rings is 2. The Morgan fingerprint density at radius 2 is 1.79 bits per heavy atom. The summed E-state index contributed by atoms with van der Waals surface area (Å²) in [5.41, 5.74) is 2.90. The first-order chi connectivity index (χ1) is 15.8. The maximum atomic E-state index is 12.7. The van der Waals surface area contributed by atoms with Gasteiger partial charge in [-0.15, -0.1) is 0 Å². The number of allylic oxidation sites excluding steroid dienone is 1. The van der Waals surface area contributed by atoms with E-state index in [2.05, 4.69) is 31.9 Å². The number of ether oxygens (including phenoxy) is 1. The molecule has 0 saturated heterocycles. The minimum Gasteiger partial charge on any atom is -0.463 e. The Morgan fingerprint density at radius 3 is 2.42 bits per heavy atom. The molecule has 3 rings (SSSR count). The van der Waals surface area contributed by atoms with Crippen LogP contribution in [0, 0.1) is 0 Å². The number of anilines is 2. The van der Waals surface area contributed by atoms with E-state index < -0.39 is 18.0 Å². The normalized spacial score (nSPS) is 15.7. The van der Waals surface area contributed by atoms with Gasteiger partial charge in [0.15, 0.2) is 0 Å². The highest BCUT2D eigenvalue weighted by Crippen LogP contribution is 2.32. The molecule has 0 radical (unpaired) electrons. The van der Waals surface area contributed by atoms with Crippen molar-refractivity contribution in [3.63, 3.8) is 0 Å². The van der Waals surface area contributed by atoms with Crippen LogP contribution in [0.25, 0.3) is 0 Å². The number of nitrogens with zero attached hydrogens (tertiary/aromatic N) is 1. The average Bonchev–Trinajstić information content (AvgIpc) is 2.78. The van der Waals surface area contributed by atoms with Gasteiger partial charge in [0.25, 0.3) is 0 Å². The predicted molar refractivity (Wildman–Crippen MR) is 131 cm³/mol. The fourth-order valence-electron chi connectivity index (χ4n) is 3.60. The number of nitrogens with one attached hydrogen (secondary N) is 3. The van der Waals surface area contributed by atoms with Crippen molar-refractivity contribution in [2.75, 3.05) is 23.8 Å². The van der Waals surface area contributed by atoms with Gasteiger partial charge in [-0.25, -0.2) is 14.4 Å². The molecular formula is C24H27BrN4O4. The average molecular weight is 515 g/mol. The SMILES string of the molecule is CCCN1C(=O)N[C@@H](c2ccc(NC(=O)Nc3ccccc3Br)cc2)C(C(=O)OCC)=C1C. The van der Waals surface area contributed by atoms with E-state index >= 15 is 0 Å². The molecule has 2 aromatic rings. The lowest BCUT2D eigenvalue weighted by atomic mass is 9.94. The van der Waals surface area contributed by atoms with E-state index in [1.165, 1.54) is 0 Å². The molecule has 9 heteroatoms. The number of carbonyl (C=O) groups is 3. The molecule has 1 atom stereocenters. The molecule has 0 spiro atoms. The molecular weight excluding hydrogens is 488 g/mol. The van der Waals surface area contributed by atoms with Crippen molar-refractivity contribution in [1.29, 1.82) is 0 Å². The van der Waals surface area contributed by atoms with E-state index in [0.717, 1.165) is 10.9 Å². The zero-order valence-electron chi connectivity index (χ0n) is 18.8. The van der Waals surface area contributed by atoms with Gasteiger partial charge in [0, 0.05) is 22.4 Å². The number of para-hydroxylation sites is 1. The Morgan fingerprint density at radius 1 is 1.09 bits per heavy atom. The summed E-state index contributed by atoms with van der Waals surface area (Å²) in [6.07, 6.45) is 0.757. The molecule has 0 saturated carbocycles. The highest BCUT2D eigenvalue weighted by Gasteiger charge is 2.36. The largest absolute Gasteiger partial charge is 0.463 e. The van der Waals surface area contributed by atoms with Crippen LogP contribution in [0.4, 0.5) is 21.0 Å². The quantitative estimate of drug-likeness (QED) is 0.430. The molecule has 174 valence electrons. The fourth-order valence-corrected chi connectivity index (χ4v) is 3.99. The Kier molecular flexibility index (Phi) is 8.11. The van der Waals surface area contributed by atoms with Crippen molar-refractivity contribution < 1.29 is 19.1 Å². The van der Waals surface area contributed by atoms with E-state index in [4.69, 9.17) is 4.74 Å². The molecule has 1 aliphatic rings. The number of urea groups is 2. The number of amides is 4. The Balaban J connectivity index is 1.80. The number of rotatable bonds is 7. The van der Waals surface area contributed by atoms with Gasteiger partial charge in [0.2, 0.25) is 0 Å². The van der Waals surface area contributed by atoms with Crippen LogP contribution in [0.15, 0.2) is 64.3 Å². The molecule has 3 N–H and O–H groups in total. The van der Waals surface area contributed by atoms with Crippen LogP contribution in [0.1, 0.15) is 38.8 Å². The smallest absolute Gasteiger partial charge is 0.338 e. The zero-order valence-corrected chi connectivity index (χ0v) is 20.4. The second kappa shape index (κ2) is 11.0. The van der Waals surface area contributed by atoms with Crippen LogP contribution in [-0.2, 0) is 9.53 Å². The summed E-state index contributed by atoms with van der Waals surface area (Å²) in [7, 11) is 0. The van der Waals surface area contributed by atoms with Crippen molar-refractivity contribution >= 4 is 45.3 Å². The molecule has 8 nitrogen and oxygen atoms in total. The first-order valence-electron chi connectivity index (χ1n) is 10.7. The van der Waals surface area contributed by atoms with Crippen LogP contribution < -0.4 is 16.0 Å². The summed E-state index contributed by atoms with van der Waals surface area (Å²) in [6.45, 7) is 6.21. The van der Waals surface area contributed by atoms with Gasteiger partial charge in [-0.1, -0.05) is 31.2 Å². The minimum absolute atomic E-state index is 0.236. The minimum atomic E-state index is -0.646. The van der Waals surface area contributed by atoms with Gasteiger partial charge in [0.1, 0.15) is 0 Å². The van der Waals surface area contributed by atoms with Crippen molar-refractivity contribution in [2.45, 2.75) is 33.2 Å². The second-order valence-corrected chi connectivity index (χ2v) is 8.29. The van der Waals surface area contributed by atoms with E-state index in [-0.39, 0.29) is 12.6 Å². The maximum absolute atomic E-state index is 12.7. The van der Waals surface area contributed by atoms with Gasteiger partial charge < -0.3 is 20.7 Å². The molecule has 4 amide bonds. The van der Waals surface area contributed by atoms with Crippen LogP contribution in [0.3, 0.4) is 0 Å². The van der Waals surface area contributed by atoms with Crippen LogP contribution >= 0.6 is 15.9 Å². The zero-order chi connectivity index (χ0) is 24.0. The summed E-state index contributed by atoms with van der Waals surface area (Å²) >= 11 is 3.39.